The lowest BCUT2D eigenvalue weighted by Crippen LogP contribution is -2.48. The van der Waals surface area contributed by atoms with Gasteiger partial charge in [-0.1, -0.05) is 29.5 Å². The minimum absolute atomic E-state index is 0.0770. The Balaban J connectivity index is 1.71. The van der Waals surface area contributed by atoms with E-state index < -0.39 is 15.2 Å². The SMILES string of the molecule is O=S(=O)(c1ccc(F)s1)N1CCN(c2ccccc2)CC1. The topological polar surface area (TPSA) is 40.6 Å². The molecule has 21 heavy (non-hydrogen) atoms. The number of nitrogens with zero attached hydrogens (tertiary/aromatic N) is 2. The van der Waals surface area contributed by atoms with Crippen LogP contribution in [-0.4, -0.2) is 38.9 Å². The fraction of sp³-hybridized carbons (Fsp3) is 0.286. The number of anilines is 1. The fourth-order valence-electron chi connectivity index (χ4n) is 2.39. The van der Waals surface area contributed by atoms with Crippen molar-refractivity contribution in [3.63, 3.8) is 0 Å². The summed E-state index contributed by atoms with van der Waals surface area (Å²) < 4.78 is 39.3. The van der Waals surface area contributed by atoms with Crippen molar-refractivity contribution in [3.05, 3.63) is 47.6 Å². The van der Waals surface area contributed by atoms with E-state index in [0.29, 0.717) is 37.5 Å². The van der Waals surface area contributed by atoms with Crippen LogP contribution >= 0.6 is 11.3 Å². The van der Waals surface area contributed by atoms with Crippen LogP contribution in [0.4, 0.5) is 10.1 Å². The Morgan fingerprint density at radius 1 is 0.952 bits per heavy atom. The average Bonchev–Trinajstić information content (AvgIpc) is 2.96. The van der Waals surface area contributed by atoms with Gasteiger partial charge in [0.15, 0.2) is 5.13 Å². The molecular weight excluding hydrogens is 311 g/mol. The van der Waals surface area contributed by atoms with Gasteiger partial charge < -0.3 is 4.90 Å². The minimum Gasteiger partial charge on any atom is -0.369 e. The number of hydrogen-bond acceptors (Lipinski definition) is 4. The Bertz CT molecular complexity index is 708. The van der Waals surface area contributed by atoms with E-state index in [1.165, 1.54) is 16.4 Å². The molecule has 0 amide bonds. The van der Waals surface area contributed by atoms with Gasteiger partial charge in [0.25, 0.3) is 10.0 Å². The first kappa shape index (κ1) is 14.5. The molecule has 1 fully saturated rings. The second-order valence-corrected chi connectivity index (χ2v) is 7.98. The van der Waals surface area contributed by atoms with Gasteiger partial charge in [-0.25, -0.2) is 8.42 Å². The summed E-state index contributed by atoms with van der Waals surface area (Å²) in [4.78, 5) is 2.15. The molecule has 1 saturated heterocycles. The van der Waals surface area contributed by atoms with Crippen LogP contribution in [0.3, 0.4) is 0 Å². The van der Waals surface area contributed by atoms with Gasteiger partial charge >= 0.3 is 0 Å². The lowest BCUT2D eigenvalue weighted by atomic mass is 10.2. The quantitative estimate of drug-likeness (QED) is 0.870. The molecule has 3 rings (SSSR count). The predicted octanol–water partition coefficient (Wildman–Crippen LogP) is 2.40. The van der Waals surface area contributed by atoms with Crippen LogP contribution in [0.5, 0.6) is 0 Å². The Morgan fingerprint density at radius 2 is 1.62 bits per heavy atom. The van der Waals surface area contributed by atoms with Gasteiger partial charge in [0.1, 0.15) is 4.21 Å². The lowest BCUT2D eigenvalue weighted by Gasteiger charge is -2.35. The summed E-state index contributed by atoms with van der Waals surface area (Å²) in [5.41, 5.74) is 1.09. The summed E-state index contributed by atoms with van der Waals surface area (Å²) in [5, 5.41) is -0.475. The summed E-state index contributed by atoms with van der Waals surface area (Å²) in [6.07, 6.45) is 0. The van der Waals surface area contributed by atoms with Crippen molar-refractivity contribution in [2.75, 3.05) is 31.1 Å². The zero-order valence-electron chi connectivity index (χ0n) is 11.3. The van der Waals surface area contributed by atoms with E-state index >= 15 is 0 Å². The first-order chi connectivity index (χ1) is 10.1. The van der Waals surface area contributed by atoms with Gasteiger partial charge in [0, 0.05) is 31.9 Å². The van der Waals surface area contributed by atoms with Crippen LogP contribution in [0.1, 0.15) is 0 Å². The normalized spacial score (nSPS) is 17.1. The summed E-state index contributed by atoms with van der Waals surface area (Å²) >= 11 is 0.676. The molecule has 1 aromatic carbocycles. The molecule has 7 heteroatoms. The van der Waals surface area contributed by atoms with E-state index in [4.69, 9.17) is 0 Å². The second kappa shape index (κ2) is 5.75. The molecule has 112 valence electrons. The number of sulfonamides is 1. The number of benzene rings is 1. The predicted molar refractivity (Wildman–Crippen MR) is 81.7 cm³/mol. The number of hydrogen-bond donors (Lipinski definition) is 0. The highest BCUT2D eigenvalue weighted by molar-refractivity contribution is 7.91. The zero-order valence-corrected chi connectivity index (χ0v) is 12.9. The first-order valence-corrected chi connectivity index (χ1v) is 8.88. The molecule has 0 aliphatic carbocycles. The van der Waals surface area contributed by atoms with Gasteiger partial charge in [-0.05, 0) is 24.3 Å². The van der Waals surface area contributed by atoms with Crippen molar-refractivity contribution in [2.45, 2.75) is 4.21 Å². The van der Waals surface area contributed by atoms with E-state index in [2.05, 4.69) is 4.90 Å². The Morgan fingerprint density at radius 3 is 2.19 bits per heavy atom. The Hall–Kier alpha value is -1.44. The van der Waals surface area contributed by atoms with Crippen molar-refractivity contribution < 1.29 is 12.8 Å². The van der Waals surface area contributed by atoms with E-state index in [1.54, 1.807) is 0 Å². The third kappa shape index (κ3) is 2.95. The fourth-order valence-corrected chi connectivity index (χ4v) is 4.97. The summed E-state index contributed by atoms with van der Waals surface area (Å²) in [6.45, 7) is 2.10. The molecule has 0 atom stereocenters. The van der Waals surface area contributed by atoms with Crippen molar-refractivity contribution in [1.82, 2.24) is 4.31 Å². The van der Waals surface area contributed by atoms with E-state index in [9.17, 15) is 12.8 Å². The molecule has 1 aromatic heterocycles. The smallest absolute Gasteiger partial charge is 0.252 e. The number of para-hydroxylation sites is 1. The highest BCUT2D eigenvalue weighted by Gasteiger charge is 2.29. The van der Waals surface area contributed by atoms with Gasteiger partial charge in [-0.15, -0.1) is 0 Å². The molecule has 0 radical (unpaired) electrons. The van der Waals surface area contributed by atoms with Crippen LogP contribution in [0.2, 0.25) is 0 Å². The van der Waals surface area contributed by atoms with Gasteiger partial charge in [0.05, 0.1) is 0 Å². The molecule has 1 aliphatic rings. The molecule has 2 heterocycles. The molecule has 0 unspecified atom stereocenters. The minimum atomic E-state index is -3.56. The highest BCUT2D eigenvalue weighted by Crippen LogP contribution is 2.25. The molecule has 0 N–H and O–H groups in total. The van der Waals surface area contributed by atoms with E-state index in [0.717, 1.165) is 5.69 Å². The number of piperazine rings is 1. The largest absolute Gasteiger partial charge is 0.369 e. The Labute approximate surface area is 127 Å². The maximum Gasteiger partial charge on any atom is 0.252 e. The third-order valence-corrected chi connectivity index (χ3v) is 6.74. The van der Waals surface area contributed by atoms with Crippen LogP contribution in [0.15, 0.2) is 46.7 Å². The standard InChI is InChI=1S/C14H15FN2O2S2/c15-13-6-7-14(20-13)21(18,19)17-10-8-16(9-11-17)12-4-2-1-3-5-12/h1-7H,8-11H2. The van der Waals surface area contributed by atoms with Crippen LogP contribution in [0, 0.1) is 5.13 Å². The van der Waals surface area contributed by atoms with Gasteiger partial charge in [0.2, 0.25) is 0 Å². The lowest BCUT2D eigenvalue weighted by molar-refractivity contribution is 0.386. The van der Waals surface area contributed by atoms with Crippen molar-refractivity contribution >= 4 is 27.0 Å². The third-order valence-electron chi connectivity index (χ3n) is 3.50. The Kier molecular flexibility index (Phi) is 3.97. The first-order valence-electron chi connectivity index (χ1n) is 6.63. The van der Waals surface area contributed by atoms with Crippen LogP contribution in [-0.2, 0) is 10.0 Å². The van der Waals surface area contributed by atoms with Crippen molar-refractivity contribution in [2.24, 2.45) is 0 Å². The van der Waals surface area contributed by atoms with Crippen LogP contribution in [0.25, 0.3) is 0 Å². The molecule has 0 bridgehead atoms. The molecule has 4 nitrogen and oxygen atoms in total. The van der Waals surface area contributed by atoms with Gasteiger partial charge in [-0.2, -0.15) is 8.70 Å². The molecular formula is C14H15FN2O2S2. The summed E-state index contributed by atoms with van der Waals surface area (Å²) in [6, 6.07) is 12.4. The van der Waals surface area contributed by atoms with Crippen molar-refractivity contribution in [1.29, 1.82) is 0 Å². The monoisotopic (exact) mass is 326 g/mol. The number of rotatable bonds is 3. The highest BCUT2D eigenvalue weighted by atomic mass is 32.2. The molecule has 1 aliphatic heterocycles. The maximum atomic E-state index is 13.0. The zero-order chi connectivity index (χ0) is 14.9. The molecule has 2 aromatic rings. The average molecular weight is 326 g/mol. The maximum absolute atomic E-state index is 13.0. The van der Waals surface area contributed by atoms with Crippen LogP contribution < -0.4 is 4.90 Å². The molecule has 0 spiro atoms. The van der Waals surface area contributed by atoms with Gasteiger partial charge in [-0.3, -0.25) is 0 Å². The van der Waals surface area contributed by atoms with E-state index in [1.807, 2.05) is 30.3 Å². The van der Waals surface area contributed by atoms with Crippen molar-refractivity contribution in [3.8, 4) is 0 Å². The second-order valence-electron chi connectivity index (χ2n) is 4.79. The number of thiophene rings is 1. The molecule has 0 saturated carbocycles. The number of halogens is 1. The van der Waals surface area contributed by atoms with E-state index in [-0.39, 0.29) is 4.21 Å². The summed E-state index contributed by atoms with van der Waals surface area (Å²) in [7, 11) is -3.56. The summed E-state index contributed by atoms with van der Waals surface area (Å²) in [5.74, 6) is 0.